The van der Waals surface area contributed by atoms with Gasteiger partial charge in [0.2, 0.25) is 0 Å². The van der Waals surface area contributed by atoms with E-state index in [0.29, 0.717) is 36.7 Å². The number of anilines is 1. The highest BCUT2D eigenvalue weighted by Gasteiger charge is 2.36. The van der Waals surface area contributed by atoms with E-state index in [0.717, 1.165) is 18.9 Å². The molecule has 2 aliphatic rings. The van der Waals surface area contributed by atoms with Gasteiger partial charge < -0.3 is 16.0 Å². The normalized spacial score (nSPS) is 22.3. The number of nitrogens with zero attached hydrogens (tertiary/aromatic N) is 2. The number of hydrogen-bond acceptors (Lipinski definition) is 4. The number of nitrogens with one attached hydrogen (secondary N) is 1. The SMILES string of the molecule is C[C@H](NC(=O)c1ncc(Cl)c(-c2cc(F)cc(F)c2)c1N1CCC(C)(N)C1)C1CC1. The van der Waals surface area contributed by atoms with Crippen molar-refractivity contribution in [2.75, 3.05) is 18.0 Å². The van der Waals surface area contributed by atoms with Gasteiger partial charge in [-0.1, -0.05) is 11.6 Å². The van der Waals surface area contributed by atoms with Crippen LogP contribution in [0.3, 0.4) is 0 Å². The molecular weight excluding hydrogens is 410 g/mol. The zero-order chi connectivity index (χ0) is 21.6. The van der Waals surface area contributed by atoms with Gasteiger partial charge in [-0.2, -0.15) is 0 Å². The van der Waals surface area contributed by atoms with E-state index in [-0.39, 0.29) is 28.2 Å². The smallest absolute Gasteiger partial charge is 0.272 e. The Kier molecular flexibility index (Phi) is 5.45. The molecule has 2 aromatic rings. The number of hydrogen-bond donors (Lipinski definition) is 2. The fraction of sp³-hybridized carbons (Fsp3) is 0.455. The van der Waals surface area contributed by atoms with E-state index in [1.807, 2.05) is 18.7 Å². The van der Waals surface area contributed by atoms with Crippen molar-refractivity contribution in [3.63, 3.8) is 0 Å². The average molecular weight is 435 g/mol. The van der Waals surface area contributed by atoms with Crippen molar-refractivity contribution >= 4 is 23.2 Å². The van der Waals surface area contributed by atoms with Crippen LogP contribution in [0.2, 0.25) is 5.02 Å². The molecule has 8 heteroatoms. The number of rotatable bonds is 5. The third kappa shape index (κ3) is 4.27. The second-order valence-corrected chi connectivity index (χ2v) is 9.17. The van der Waals surface area contributed by atoms with Gasteiger partial charge >= 0.3 is 0 Å². The van der Waals surface area contributed by atoms with E-state index in [1.54, 1.807) is 0 Å². The van der Waals surface area contributed by atoms with Crippen molar-refractivity contribution in [1.82, 2.24) is 10.3 Å². The number of amides is 1. The molecule has 30 heavy (non-hydrogen) atoms. The minimum absolute atomic E-state index is 0.0243. The summed E-state index contributed by atoms with van der Waals surface area (Å²) in [6, 6.07) is 3.24. The Hall–Kier alpha value is -2.25. The predicted molar refractivity (Wildman–Crippen MR) is 114 cm³/mol. The Bertz CT molecular complexity index is 973. The summed E-state index contributed by atoms with van der Waals surface area (Å²) in [4.78, 5) is 19.4. The summed E-state index contributed by atoms with van der Waals surface area (Å²) >= 11 is 6.46. The van der Waals surface area contributed by atoms with Gasteiger partial charge in [-0.25, -0.2) is 13.8 Å². The molecule has 1 amide bonds. The fourth-order valence-corrected chi connectivity index (χ4v) is 4.34. The standard InChI is InChI=1S/C22H25ClF2N4O/c1-12(13-3-4-13)28-21(30)19-20(29-6-5-22(2,26)11-29)18(17(23)10-27-19)14-7-15(24)9-16(25)8-14/h7-10,12-13H,3-6,11,26H2,1-2H3,(H,28,30)/t12-,22?/m0/s1. The van der Waals surface area contributed by atoms with Crippen molar-refractivity contribution in [3.8, 4) is 11.1 Å². The molecule has 1 saturated carbocycles. The van der Waals surface area contributed by atoms with Crippen LogP contribution in [0.25, 0.3) is 11.1 Å². The molecule has 0 bridgehead atoms. The number of pyridine rings is 1. The van der Waals surface area contributed by atoms with Gasteiger partial charge in [0.15, 0.2) is 5.69 Å². The van der Waals surface area contributed by atoms with E-state index in [1.165, 1.54) is 18.3 Å². The first-order chi connectivity index (χ1) is 14.1. The molecule has 0 radical (unpaired) electrons. The maximum Gasteiger partial charge on any atom is 0.272 e. The number of carbonyl (C=O) groups is 1. The van der Waals surface area contributed by atoms with Crippen molar-refractivity contribution in [1.29, 1.82) is 0 Å². The summed E-state index contributed by atoms with van der Waals surface area (Å²) < 4.78 is 28.0. The maximum absolute atomic E-state index is 14.0. The summed E-state index contributed by atoms with van der Waals surface area (Å²) in [7, 11) is 0. The van der Waals surface area contributed by atoms with Crippen LogP contribution in [0.5, 0.6) is 0 Å². The lowest BCUT2D eigenvalue weighted by Gasteiger charge is -2.27. The van der Waals surface area contributed by atoms with Crippen molar-refractivity contribution in [3.05, 3.63) is 46.7 Å². The van der Waals surface area contributed by atoms with Crippen LogP contribution in [0.4, 0.5) is 14.5 Å². The van der Waals surface area contributed by atoms with Crippen LogP contribution in [0.15, 0.2) is 24.4 Å². The van der Waals surface area contributed by atoms with Gasteiger partial charge in [-0.05, 0) is 56.7 Å². The molecule has 160 valence electrons. The zero-order valence-corrected chi connectivity index (χ0v) is 17.8. The van der Waals surface area contributed by atoms with E-state index < -0.39 is 17.2 Å². The number of nitrogens with two attached hydrogens (primary N) is 1. The molecule has 3 N–H and O–H groups in total. The molecule has 0 spiro atoms. The van der Waals surface area contributed by atoms with E-state index in [4.69, 9.17) is 17.3 Å². The fourth-order valence-electron chi connectivity index (χ4n) is 4.09. The number of benzene rings is 1. The molecule has 5 nitrogen and oxygen atoms in total. The second-order valence-electron chi connectivity index (χ2n) is 8.76. The first-order valence-corrected chi connectivity index (χ1v) is 10.5. The number of halogens is 3. The summed E-state index contributed by atoms with van der Waals surface area (Å²) in [5.41, 5.74) is 7.14. The molecule has 2 heterocycles. The number of aromatic nitrogens is 1. The Morgan fingerprint density at radius 3 is 2.57 bits per heavy atom. The summed E-state index contributed by atoms with van der Waals surface area (Å²) in [5.74, 6) is -1.30. The molecule has 1 aromatic heterocycles. The maximum atomic E-state index is 14.0. The minimum atomic E-state index is -0.720. The first kappa shape index (κ1) is 21.0. The van der Waals surface area contributed by atoms with Gasteiger partial charge in [0.25, 0.3) is 5.91 Å². The lowest BCUT2D eigenvalue weighted by molar-refractivity contribution is 0.0931. The van der Waals surface area contributed by atoms with Crippen molar-refractivity contribution < 1.29 is 13.6 Å². The molecule has 1 aliphatic carbocycles. The lowest BCUT2D eigenvalue weighted by atomic mass is 10.0. The molecule has 2 atom stereocenters. The van der Waals surface area contributed by atoms with Crippen LogP contribution in [0.1, 0.15) is 43.6 Å². The Morgan fingerprint density at radius 1 is 1.33 bits per heavy atom. The van der Waals surface area contributed by atoms with Crippen LogP contribution >= 0.6 is 11.6 Å². The summed E-state index contributed by atoms with van der Waals surface area (Å²) in [6.45, 7) is 4.96. The van der Waals surface area contributed by atoms with E-state index >= 15 is 0 Å². The quantitative estimate of drug-likeness (QED) is 0.742. The Labute approximate surface area is 179 Å². The highest BCUT2D eigenvalue weighted by atomic mass is 35.5. The third-order valence-corrected chi connectivity index (χ3v) is 6.17. The summed E-state index contributed by atoms with van der Waals surface area (Å²) in [5, 5.41) is 3.23. The van der Waals surface area contributed by atoms with E-state index in [9.17, 15) is 13.6 Å². The summed E-state index contributed by atoms with van der Waals surface area (Å²) in [6.07, 6.45) is 4.25. The first-order valence-electron chi connectivity index (χ1n) is 10.1. The molecule has 4 rings (SSSR count). The highest BCUT2D eigenvalue weighted by Crippen LogP contribution is 2.41. The zero-order valence-electron chi connectivity index (χ0n) is 17.0. The van der Waals surface area contributed by atoms with Gasteiger partial charge in [-0.3, -0.25) is 4.79 Å². The molecule has 2 fully saturated rings. The van der Waals surface area contributed by atoms with Crippen LogP contribution in [-0.4, -0.2) is 35.6 Å². The highest BCUT2D eigenvalue weighted by molar-refractivity contribution is 6.34. The molecule has 1 unspecified atom stereocenters. The van der Waals surface area contributed by atoms with Crippen molar-refractivity contribution in [2.45, 2.75) is 44.7 Å². The van der Waals surface area contributed by atoms with Gasteiger partial charge in [0, 0.05) is 42.5 Å². The van der Waals surface area contributed by atoms with Crippen LogP contribution in [-0.2, 0) is 0 Å². The van der Waals surface area contributed by atoms with Gasteiger partial charge in [0.05, 0.1) is 10.7 Å². The van der Waals surface area contributed by atoms with Gasteiger partial charge in [-0.15, -0.1) is 0 Å². The number of carbonyl (C=O) groups excluding carboxylic acids is 1. The topological polar surface area (TPSA) is 71.2 Å². The molecule has 1 saturated heterocycles. The second kappa shape index (κ2) is 7.78. The predicted octanol–water partition coefficient (Wildman–Crippen LogP) is 4.14. The molecular formula is C22H25ClF2N4O. The largest absolute Gasteiger partial charge is 0.367 e. The average Bonchev–Trinajstić information content (AvgIpc) is 3.43. The Balaban J connectivity index is 1.84. The molecule has 1 aliphatic heterocycles. The van der Waals surface area contributed by atoms with Crippen molar-refractivity contribution in [2.24, 2.45) is 11.7 Å². The molecule has 1 aromatic carbocycles. The monoisotopic (exact) mass is 434 g/mol. The lowest BCUT2D eigenvalue weighted by Crippen LogP contribution is -2.40. The van der Waals surface area contributed by atoms with E-state index in [2.05, 4.69) is 10.3 Å². The minimum Gasteiger partial charge on any atom is -0.367 e. The van der Waals surface area contributed by atoms with Gasteiger partial charge in [0.1, 0.15) is 11.6 Å². The van der Waals surface area contributed by atoms with Crippen LogP contribution < -0.4 is 16.0 Å². The Morgan fingerprint density at radius 2 is 2.00 bits per heavy atom. The van der Waals surface area contributed by atoms with Crippen LogP contribution in [0, 0.1) is 17.6 Å². The third-order valence-electron chi connectivity index (χ3n) is 5.88.